The van der Waals surface area contributed by atoms with Crippen molar-refractivity contribution in [1.29, 1.82) is 0 Å². The Kier molecular flexibility index (Phi) is 6.81. The van der Waals surface area contributed by atoms with Crippen LogP contribution in [-0.2, 0) is 35.1 Å². The van der Waals surface area contributed by atoms with Gasteiger partial charge < -0.3 is 0 Å². The van der Waals surface area contributed by atoms with Gasteiger partial charge in [-0.3, -0.25) is 0 Å². The number of rotatable bonds is 7. The summed E-state index contributed by atoms with van der Waals surface area (Å²) < 4.78 is 28.2. The van der Waals surface area contributed by atoms with Gasteiger partial charge in [0.25, 0.3) is 0 Å². The SMILES string of the molecule is Clc1cc[c]([Sb]([O]N2OC3C4C=CC(O4)C3O2)([O]N2OC3C4C=CC(O4)C3O2)([c]2ccc(Cl)cc2)[c]2ccc(Cl)cc2)cc1. The number of fused-ring (bicyclic) bond motifs is 10. The van der Waals surface area contributed by atoms with E-state index < -0.39 is 42.7 Å². The summed E-state index contributed by atoms with van der Waals surface area (Å²) in [5.41, 5.74) is 0. The monoisotopic (exact) mass is 766 g/mol. The molecule has 0 saturated carbocycles. The van der Waals surface area contributed by atoms with Crippen molar-refractivity contribution >= 4 is 63.6 Å². The van der Waals surface area contributed by atoms with Crippen LogP contribution in [0.2, 0.25) is 15.1 Å². The van der Waals surface area contributed by atoms with Crippen LogP contribution in [0.3, 0.4) is 0 Å². The van der Waals surface area contributed by atoms with Crippen molar-refractivity contribution < 1.29 is 35.1 Å². The fourth-order valence-corrected chi connectivity index (χ4v) is 19.1. The van der Waals surface area contributed by atoms with Crippen LogP contribution in [0.25, 0.3) is 0 Å². The molecule has 0 amide bonds. The molecule has 4 bridgehead atoms. The van der Waals surface area contributed by atoms with Crippen molar-refractivity contribution in [2.75, 3.05) is 0 Å². The van der Waals surface area contributed by atoms with Crippen LogP contribution in [0.5, 0.6) is 0 Å². The second-order valence-corrected chi connectivity index (χ2v) is 23.3. The molecule has 0 aromatic heterocycles. The summed E-state index contributed by atoms with van der Waals surface area (Å²) in [6.07, 6.45) is 5.13. The average molecular weight is 769 g/mol. The minimum absolute atomic E-state index is 0.270. The van der Waals surface area contributed by atoms with E-state index in [4.69, 9.17) is 69.9 Å². The molecule has 8 atom stereocenters. The normalized spacial score (nSPS) is 34.5. The van der Waals surface area contributed by atoms with Crippen LogP contribution in [0.1, 0.15) is 0 Å². The maximum absolute atomic E-state index is 7.19. The van der Waals surface area contributed by atoms with E-state index in [-0.39, 0.29) is 24.4 Å². The summed E-state index contributed by atoms with van der Waals surface area (Å²) in [4.78, 5) is 25.2. The zero-order chi connectivity index (χ0) is 29.7. The number of nitrogens with zero attached hydrogens (tertiary/aromatic N) is 2. The van der Waals surface area contributed by atoms with Gasteiger partial charge in [-0.2, -0.15) is 0 Å². The molecular formula is C30H24Cl3N2O8Sb. The summed E-state index contributed by atoms with van der Waals surface area (Å²) in [6, 6.07) is 21.8. The van der Waals surface area contributed by atoms with E-state index in [1.165, 1.54) is 0 Å². The topological polar surface area (TPSA) is 80.3 Å². The molecule has 6 aliphatic rings. The molecule has 228 valence electrons. The van der Waals surface area contributed by atoms with Gasteiger partial charge in [-0.25, -0.2) is 0 Å². The van der Waals surface area contributed by atoms with Crippen molar-refractivity contribution in [3.8, 4) is 0 Å². The molecule has 0 radical (unpaired) electrons. The van der Waals surface area contributed by atoms with E-state index >= 15 is 0 Å². The van der Waals surface area contributed by atoms with Crippen molar-refractivity contribution in [3.63, 3.8) is 0 Å². The molecule has 4 fully saturated rings. The van der Waals surface area contributed by atoms with Crippen LogP contribution in [0.4, 0.5) is 0 Å². The molecule has 44 heavy (non-hydrogen) atoms. The first-order valence-electron chi connectivity index (χ1n) is 14.0. The number of halogens is 3. The average Bonchev–Trinajstić information content (AvgIpc) is 3.86. The molecule has 6 heterocycles. The first-order valence-corrected chi connectivity index (χ1v) is 21.1. The van der Waals surface area contributed by atoms with Gasteiger partial charge >= 0.3 is 270 Å². The van der Waals surface area contributed by atoms with Gasteiger partial charge in [-0.15, -0.1) is 0 Å². The van der Waals surface area contributed by atoms with Crippen molar-refractivity contribution in [1.82, 2.24) is 10.8 Å². The Morgan fingerprint density at radius 3 is 1.00 bits per heavy atom. The molecule has 14 heteroatoms. The third-order valence-electron chi connectivity index (χ3n) is 8.72. The molecule has 3 aromatic rings. The first kappa shape index (κ1) is 28.6. The van der Waals surface area contributed by atoms with E-state index in [1.54, 1.807) is 36.4 Å². The maximum atomic E-state index is 7.19. The molecule has 3 aromatic carbocycles. The Labute approximate surface area is 268 Å². The van der Waals surface area contributed by atoms with Gasteiger partial charge in [0.1, 0.15) is 0 Å². The van der Waals surface area contributed by atoms with E-state index in [0.717, 1.165) is 10.8 Å². The van der Waals surface area contributed by atoms with Gasteiger partial charge in [0.15, 0.2) is 0 Å². The van der Waals surface area contributed by atoms with Gasteiger partial charge in [0.2, 0.25) is 0 Å². The standard InChI is InChI=1S/3C6H4Cl.2C6H6NO4.Sb/c3*7-6-4-2-1-3-5-6;2*8-7-10-5-3-1-2-4(9-3)6(5)11-7;/h3*2-5H;2*1-6H;/q;;;2*-1;+2. The van der Waals surface area contributed by atoms with Crippen LogP contribution < -0.4 is 10.5 Å². The summed E-state index contributed by atoms with van der Waals surface area (Å²) in [6.45, 7) is 0. The molecule has 8 unspecified atom stereocenters. The quantitative estimate of drug-likeness (QED) is 0.264. The fraction of sp³-hybridized carbons (Fsp3) is 0.267. The Bertz CT molecular complexity index is 1450. The summed E-state index contributed by atoms with van der Waals surface area (Å²) in [5.74, 6) is 0. The van der Waals surface area contributed by atoms with Gasteiger partial charge in [0.05, 0.1) is 0 Å². The van der Waals surface area contributed by atoms with Gasteiger partial charge in [-0.05, 0) is 0 Å². The van der Waals surface area contributed by atoms with Crippen molar-refractivity contribution in [2.24, 2.45) is 0 Å². The van der Waals surface area contributed by atoms with Crippen LogP contribution >= 0.6 is 34.8 Å². The predicted octanol–water partition coefficient (Wildman–Crippen LogP) is 3.43. The van der Waals surface area contributed by atoms with Gasteiger partial charge in [-0.1, -0.05) is 0 Å². The molecule has 9 rings (SSSR count). The Morgan fingerprint density at radius 2 is 0.727 bits per heavy atom. The molecule has 4 saturated heterocycles. The fourth-order valence-electron chi connectivity index (χ4n) is 6.62. The van der Waals surface area contributed by atoms with Gasteiger partial charge in [0, 0.05) is 0 Å². The van der Waals surface area contributed by atoms with E-state index in [2.05, 4.69) is 0 Å². The number of benzene rings is 3. The zero-order valence-electron chi connectivity index (χ0n) is 22.6. The van der Waals surface area contributed by atoms with E-state index in [0.29, 0.717) is 25.6 Å². The second-order valence-electron chi connectivity index (χ2n) is 11.2. The van der Waals surface area contributed by atoms with Crippen molar-refractivity contribution in [3.05, 3.63) is 112 Å². The van der Waals surface area contributed by atoms with E-state index in [1.807, 2.05) is 60.7 Å². The number of ether oxygens (including phenoxy) is 2. The molecular weight excluding hydrogens is 744 g/mol. The Morgan fingerprint density at radius 1 is 0.455 bits per heavy atom. The molecule has 0 N–H and O–H groups in total. The summed E-state index contributed by atoms with van der Waals surface area (Å²) in [5, 5.41) is 3.72. The first-order chi connectivity index (χ1) is 21.4. The third kappa shape index (κ3) is 4.19. The summed E-state index contributed by atoms with van der Waals surface area (Å²) >= 11 is 13.3. The Balaban J connectivity index is 1.25. The second kappa shape index (κ2) is 10.5. The van der Waals surface area contributed by atoms with Crippen LogP contribution in [0, 0.1) is 0 Å². The number of hydrogen-bond donors (Lipinski definition) is 0. The summed E-state index contributed by atoms with van der Waals surface area (Å²) in [7, 11) is 0. The molecule has 10 nitrogen and oxygen atoms in total. The number of hydrogen-bond acceptors (Lipinski definition) is 10. The zero-order valence-corrected chi connectivity index (χ0v) is 27.4. The Hall–Kier alpha value is -1.57. The predicted molar refractivity (Wildman–Crippen MR) is 160 cm³/mol. The molecule has 0 spiro atoms. The minimum atomic E-state index is -6.04. The molecule has 0 aliphatic carbocycles. The van der Waals surface area contributed by atoms with E-state index in [9.17, 15) is 0 Å². The van der Waals surface area contributed by atoms with Crippen molar-refractivity contribution in [2.45, 2.75) is 48.8 Å². The third-order valence-corrected chi connectivity index (χ3v) is 22.6. The molecule has 6 aliphatic heterocycles. The van der Waals surface area contributed by atoms with Crippen LogP contribution in [0.15, 0.2) is 97.1 Å². The van der Waals surface area contributed by atoms with Crippen LogP contribution in [-0.4, -0.2) is 77.8 Å².